The Morgan fingerprint density at radius 3 is 2.67 bits per heavy atom. The van der Waals surface area contributed by atoms with E-state index in [1.807, 2.05) is 30.3 Å². The monoisotopic (exact) mass is 301 g/mol. The van der Waals surface area contributed by atoms with E-state index in [0.717, 1.165) is 11.3 Å². The highest BCUT2D eigenvalue weighted by Crippen LogP contribution is 2.11. The first kappa shape index (κ1) is 15.2. The van der Waals surface area contributed by atoms with Gasteiger partial charge in [-0.3, -0.25) is 4.79 Å². The molecular weight excluding hydrogens is 286 g/mol. The number of aromatic nitrogens is 1. The van der Waals surface area contributed by atoms with Crippen LogP contribution in [0.4, 0.5) is 0 Å². The average Bonchev–Trinajstić information content (AvgIpc) is 2.51. The average molecular weight is 302 g/mol. The molecule has 2 rings (SSSR count). The van der Waals surface area contributed by atoms with Gasteiger partial charge in [0.2, 0.25) is 0 Å². The van der Waals surface area contributed by atoms with Gasteiger partial charge in [0.25, 0.3) is 5.56 Å². The van der Waals surface area contributed by atoms with E-state index >= 15 is 0 Å². The Hall–Kier alpha value is -2.18. The van der Waals surface area contributed by atoms with Crippen LogP contribution in [0.25, 0.3) is 0 Å². The van der Waals surface area contributed by atoms with Crippen molar-refractivity contribution in [2.75, 3.05) is 12.5 Å². The molecule has 0 saturated heterocycles. The van der Waals surface area contributed by atoms with Crippen LogP contribution in [-0.2, 0) is 6.54 Å². The second-order valence-corrected chi connectivity index (χ2v) is 4.72. The van der Waals surface area contributed by atoms with Gasteiger partial charge in [-0.2, -0.15) is 0 Å². The van der Waals surface area contributed by atoms with Crippen molar-refractivity contribution in [3.05, 3.63) is 64.6 Å². The Balaban J connectivity index is 1.86. The minimum atomic E-state index is -0.0222. The predicted molar refractivity (Wildman–Crippen MR) is 84.9 cm³/mol. The van der Waals surface area contributed by atoms with Crippen LogP contribution in [0.1, 0.15) is 12.0 Å². The van der Waals surface area contributed by atoms with Gasteiger partial charge in [-0.1, -0.05) is 17.9 Å². The lowest BCUT2D eigenvalue weighted by Gasteiger charge is -2.07. The molecule has 0 bridgehead atoms. The van der Waals surface area contributed by atoms with Gasteiger partial charge >= 0.3 is 0 Å². The van der Waals surface area contributed by atoms with Crippen molar-refractivity contribution in [2.45, 2.75) is 13.0 Å². The van der Waals surface area contributed by atoms with E-state index in [9.17, 15) is 4.79 Å². The van der Waals surface area contributed by atoms with Crippen LogP contribution in [0.5, 0.6) is 5.75 Å². The first-order chi connectivity index (χ1) is 10.3. The second-order valence-electron chi connectivity index (χ2n) is 4.35. The fourth-order valence-corrected chi connectivity index (χ4v) is 1.85. The quantitative estimate of drug-likeness (QED) is 0.628. The molecule has 1 aromatic carbocycles. The lowest BCUT2D eigenvalue weighted by Crippen LogP contribution is -2.21. The maximum atomic E-state index is 11.5. The highest BCUT2D eigenvalue weighted by Gasteiger charge is 1.96. The van der Waals surface area contributed by atoms with Crippen molar-refractivity contribution >= 4 is 11.6 Å². The summed E-state index contributed by atoms with van der Waals surface area (Å²) in [5.41, 5.74) is 0.915. The SMILES string of the molecule is O=c1ccccn1CCOc1ccc(C#CCCCl)cc1. The summed E-state index contributed by atoms with van der Waals surface area (Å²) in [5, 5.41) is 0. The third-order valence-electron chi connectivity index (χ3n) is 2.81. The molecule has 2 aromatic rings. The number of benzene rings is 1. The zero-order chi connectivity index (χ0) is 14.9. The maximum Gasteiger partial charge on any atom is 0.250 e. The van der Waals surface area contributed by atoms with Crippen LogP contribution in [0, 0.1) is 11.8 Å². The summed E-state index contributed by atoms with van der Waals surface area (Å²) in [5.74, 6) is 7.32. The zero-order valence-corrected chi connectivity index (χ0v) is 12.3. The Bertz CT molecular complexity index is 680. The lowest BCUT2D eigenvalue weighted by molar-refractivity contribution is 0.296. The molecule has 0 radical (unpaired) electrons. The van der Waals surface area contributed by atoms with Crippen LogP contribution >= 0.6 is 11.6 Å². The molecular formula is C17H16ClNO2. The normalized spacial score (nSPS) is 9.76. The van der Waals surface area contributed by atoms with Crippen LogP contribution in [0.3, 0.4) is 0 Å². The molecule has 108 valence electrons. The maximum absolute atomic E-state index is 11.5. The van der Waals surface area contributed by atoms with E-state index < -0.39 is 0 Å². The molecule has 1 aromatic heterocycles. The van der Waals surface area contributed by atoms with E-state index in [0.29, 0.717) is 25.5 Å². The molecule has 0 aliphatic carbocycles. The number of pyridine rings is 1. The smallest absolute Gasteiger partial charge is 0.250 e. The minimum absolute atomic E-state index is 0.0222. The van der Waals surface area contributed by atoms with Crippen molar-refractivity contribution in [2.24, 2.45) is 0 Å². The summed E-state index contributed by atoms with van der Waals surface area (Å²) in [6.45, 7) is 0.970. The summed E-state index contributed by atoms with van der Waals surface area (Å²) < 4.78 is 7.23. The summed E-state index contributed by atoms with van der Waals surface area (Å²) in [6.07, 6.45) is 2.44. The van der Waals surface area contributed by atoms with Gasteiger partial charge in [0.15, 0.2) is 0 Å². The molecule has 4 heteroatoms. The van der Waals surface area contributed by atoms with Gasteiger partial charge in [0, 0.05) is 30.1 Å². The number of rotatable bonds is 5. The van der Waals surface area contributed by atoms with Gasteiger partial charge < -0.3 is 9.30 Å². The van der Waals surface area contributed by atoms with E-state index in [-0.39, 0.29) is 5.56 Å². The summed E-state index contributed by atoms with van der Waals surface area (Å²) >= 11 is 5.57. The minimum Gasteiger partial charge on any atom is -0.492 e. The Labute approximate surface area is 129 Å². The summed E-state index contributed by atoms with van der Waals surface area (Å²) in [4.78, 5) is 11.5. The van der Waals surface area contributed by atoms with Gasteiger partial charge in [-0.25, -0.2) is 0 Å². The largest absolute Gasteiger partial charge is 0.492 e. The van der Waals surface area contributed by atoms with Crippen LogP contribution < -0.4 is 10.3 Å². The molecule has 0 amide bonds. The molecule has 0 saturated carbocycles. The van der Waals surface area contributed by atoms with Gasteiger partial charge in [0.1, 0.15) is 12.4 Å². The molecule has 0 aliphatic rings. The van der Waals surface area contributed by atoms with Crippen molar-refractivity contribution < 1.29 is 4.74 Å². The van der Waals surface area contributed by atoms with Crippen LogP contribution in [0.15, 0.2) is 53.5 Å². The number of nitrogens with zero attached hydrogens (tertiary/aromatic N) is 1. The number of ether oxygens (including phenoxy) is 1. The topological polar surface area (TPSA) is 31.2 Å². The number of halogens is 1. The van der Waals surface area contributed by atoms with E-state index in [1.165, 1.54) is 6.07 Å². The third kappa shape index (κ3) is 5.02. The highest BCUT2D eigenvalue weighted by molar-refractivity contribution is 6.18. The fraction of sp³-hybridized carbons (Fsp3) is 0.235. The molecule has 0 fully saturated rings. The Kier molecular flexibility index (Phi) is 5.93. The summed E-state index contributed by atoms with van der Waals surface area (Å²) in [7, 11) is 0. The van der Waals surface area contributed by atoms with E-state index in [4.69, 9.17) is 16.3 Å². The Morgan fingerprint density at radius 1 is 1.14 bits per heavy atom. The molecule has 0 spiro atoms. The van der Waals surface area contributed by atoms with Gasteiger partial charge in [-0.05, 0) is 30.3 Å². The number of alkyl halides is 1. The molecule has 21 heavy (non-hydrogen) atoms. The van der Waals surface area contributed by atoms with Crippen molar-refractivity contribution in [3.63, 3.8) is 0 Å². The van der Waals surface area contributed by atoms with Crippen molar-refractivity contribution in [1.29, 1.82) is 0 Å². The molecule has 1 heterocycles. The van der Waals surface area contributed by atoms with Gasteiger partial charge in [0.05, 0.1) is 6.54 Å². The zero-order valence-electron chi connectivity index (χ0n) is 11.6. The highest BCUT2D eigenvalue weighted by atomic mass is 35.5. The molecule has 0 N–H and O–H groups in total. The van der Waals surface area contributed by atoms with E-state index in [2.05, 4.69) is 11.8 Å². The molecule has 0 unspecified atom stereocenters. The van der Waals surface area contributed by atoms with Crippen molar-refractivity contribution in [3.8, 4) is 17.6 Å². The third-order valence-corrected chi connectivity index (χ3v) is 3.00. The standard InChI is InChI=1S/C17H16ClNO2/c18-11-3-1-5-15-7-9-16(10-8-15)21-14-13-19-12-4-2-6-17(19)20/h2,4,6-10,12H,3,11,13-14H2. The van der Waals surface area contributed by atoms with E-state index in [1.54, 1.807) is 16.8 Å². The van der Waals surface area contributed by atoms with Crippen LogP contribution in [-0.4, -0.2) is 17.1 Å². The molecule has 0 aliphatic heterocycles. The van der Waals surface area contributed by atoms with Crippen molar-refractivity contribution in [1.82, 2.24) is 4.57 Å². The second kappa shape index (κ2) is 8.18. The first-order valence-corrected chi connectivity index (χ1v) is 7.26. The number of hydrogen-bond donors (Lipinski definition) is 0. The summed E-state index contributed by atoms with van der Waals surface area (Å²) in [6, 6.07) is 12.7. The van der Waals surface area contributed by atoms with Crippen LogP contribution in [0.2, 0.25) is 0 Å². The molecule has 0 atom stereocenters. The molecule has 3 nitrogen and oxygen atoms in total. The van der Waals surface area contributed by atoms with Gasteiger partial charge in [-0.15, -0.1) is 11.6 Å². The first-order valence-electron chi connectivity index (χ1n) is 6.73. The lowest BCUT2D eigenvalue weighted by atomic mass is 10.2. The predicted octanol–water partition coefficient (Wildman–Crippen LogP) is 2.91. The Morgan fingerprint density at radius 2 is 1.95 bits per heavy atom. The number of hydrogen-bond acceptors (Lipinski definition) is 2. The fourth-order valence-electron chi connectivity index (χ4n) is 1.75.